The van der Waals surface area contributed by atoms with Gasteiger partial charge in [0.25, 0.3) is 0 Å². The molecule has 0 radical (unpaired) electrons. The van der Waals surface area contributed by atoms with E-state index in [-0.39, 0.29) is 12.4 Å². The van der Waals surface area contributed by atoms with Gasteiger partial charge in [-0.05, 0) is 17.7 Å². The Labute approximate surface area is 129 Å². The van der Waals surface area contributed by atoms with E-state index in [1.54, 1.807) is 29.9 Å². The van der Waals surface area contributed by atoms with Crippen LogP contribution in [0.1, 0.15) is 11.3 Å². The van der Waals surface area contributed by atoms with Gasteiger partial charge in [-0.2, -0.15) is 13.2 Å². The van der Waals surface area contributed by atoms with Crippen LogP contribution in [0, 0.1) is 0 Å². The summed E-state index contributed by atoms with van der Waals surface area (Å²) >= 11 is 1.43. The minimum atomic E-state index is -4.35. The lowest BCUT2D eigenvalue weighted by molar-refractivity contribution is -0.153. The molecule has 0 saturated carbocycles. The third kappa shape index (κ3) is 4.67. The number of imidazole rings is 1. The molecule has 1 N–H and O–H groups in total. The molecule has 0 bridgehead atoms. The SMILES string of the molecule is Cn1c(CO)cnc1SCc1cccc(OCC(F)(F)F)c1. The topological polar surface area (TPSA) is 47.3 Å². The molecule has 0 atom stereocenters. The predicted octanol–water partition coefficient (Wildman–Crippen LogP) is 3.15. The molecule has 0 fully saturated rings. The number of aliphatic hydroxyl groups excluding tert-OH is 1. The fourth-order valence-electron chi connectivity index (χ4n) is 1.74. The van der Waals surface area contributed by atoms with Crippen molar-refractivity contribution in [3.63, 3.8) is 0 Å². The Morgan fingerprint density at radius 1 is 1.36 bits per heavy atom. The molecule has 1 aromatic heterocycles. The molecule has 0 amide bonds. The Morgan fingerprint density at radius 3 is 2.77 bits per heavy atom. The number of ether oxygens (including phenoxy) is 1. The van der Waals surface area contributed by atoms with Crippen molar-refractivity contribution in [1.29, 1.82) is 0 Å². The Balaban J connectivity index is 1.96. The average molecular weight is 332 g/mol. The summed E-state index contributed by atoms with van der Waals surface area (Å²) in [6, 6.07) is 6.53. The van der Waals surface area contributed by atoms with Crippen molar-refractivity contribution >= 4 is 11.8 Å². The lowest BCUT2D eigenvalue weighted by Gasteiger charge is -2.10. The van der Waals surface area contributed by atoms with Crippen molar-refractivity contribution in [1.82, 2.24) is 9.55 Å². The molecule has 0 spiro atoms. The van der Waals surface area contributed by atoms with Gasteiger partial charge in [-0.25, -0.2) is 4.98 Å². The van der Waals surface area contributed by atoms with Crippen LogP contribution in [0.3, 0.4) is 0 Å². The molecule has 2 rings (SSSR count). The summed E-state index contributed by atoms with van der Waals surface area (Å²) < 4.78 is 42.9. The van der Waals surface area contributed by atoms with Crippen LogP contribution in [0.4, 0.5) is 13.2 Å². The highest BCUT2D eigenvalue weighted by Gasteiger charge is 2.28. The molecule has 0 aliphatic rings. The van der Waals surface area contributed by atoms with Crippen LogP contribution >= 0.6 is 11.8 Å². The molecule has 0 saturated heterocycles. The summed E-state index contributed by atoms with van der Waals surface area (Å²) in [6.45, 7) is -1.40. The minimum absolute atomic E-state index is 0.0924. The lowest BCUT2D eigenvalue weighted by Crippen LogP contribution is -2.19. The van der Waals surface area contributed by atoms with E-state index in [2.05, 4.69) is 4.98 Å². The van der Waals surface area contributed by atoms with Crippen LogP contribution in [0.15, 0.2) is 35.6 Å². The van der Waals surface area contributed by atoms with E-state index in [0.29, 0.717) is 11.4 Å². The van der Waals surface area contributed by atoms with Crippen LogP contribution in [0.5, 0.6) is 5.75 Å². The van der Waals surface area contributed by atoms with Crippen molar-refractivity contribution in [2.24, 2.45) is 7.05 Å². The van der Waals surface area contributed by atoms with Crippen molar-refractivity contribution in [2.75, 3.05) is 6.61 Å². The molecule has 8 heteroatoms. The summed E-state index contributed by atoms with van der Waals surface area (Å²) in [5, 5.41) is 9.83. The fourth-order valence-corrected chi connectivity index (χ4v) is 2.66. The monoisotopic (exact) mass is 332 g/mol. The minimum Gasteiger partial charge on any atom is -0.484 e. The molecule has 0 aliphatic carbocycles. The van der Waals surface area contributed by atoms with Gasteiger partial charge in [0.05, 0.1) is 18.5 Å². The van der Waals surface area contributed by atoms with E-state index >= 15 is 0 Å². The molecule has 2 aromatic rings. The summed E-state index contributed by atoms with van der Waals surface area (Å²) in [6.07, 6.45) is -2.76. The quantitative estimate of drug-likeness (QED) is 0.826. The molecule has 1 aromatic carbocycles. The molecule has 120 valence electrons. The van der Waals surface area contributed by atoms with Crippen LogP contribution in [-0.2, 0) is 19.4 Å². The molecule has 4 nitrogen and oxygen atoms in total. The predicted molar refractivity (Wildman–Crippen MR) is 76.7 cm³/mol. The highest BCUT2D eigenvalue weighted by molar-refractivity contribution is 7.98. The maximum Gasteiger partial charge on any atom is 0.422 e. The van der Waals surface area contributed by atoms with Gasteiger partial charge in [-0.3, -0.25) is 0 Å². The Morgan fingerprint density at radius 2 is 2.14 bits per heavy atom. The first-order chi connectivity index (χ1) is 10.4. The number of hydrogen-bond acceptors (Lipinski definition) is 4. The first kappa shape index (κ1) is 16.7. The standard InChI is InChI=1S/C14H15F3N2O2S/c1-19-11(7-20)6-18-13(19)22-8-10-3-2-4-12(5-10)21-9-14(15,16)17/h2-6,20H,7-9H2,1H3. The third-order valence-corrected chi connectivity index (χ3v) is 3.99. The van der Waals surface area contributed by atoms with Gasteiger partial charge in [0.2, 0.25) is 0 Å². The number of aromatic nitrogens is 2. The maximum absolute atomic E-state index is 12.1. The molecule has 22 heavy (non-hydrogen) atoms. The average Bonchev–Trinajstić information content (AvgIpc) is 2.83. The van der Waals surface area contributed by atoms with Gasteiger partial charge in [0, 0.05) is 12.8 Å². The summed E-state index contributed by atoms with van der Waals surface area (Å²) in [5.74, 6) is 0.727. The van der Waals surface area contributed by atoms with Crippen molar-refractivity contribution < 1.29 is 23.0 Å². The van der Waals surface area contributed by atoms with Crippen LogP contribution < -0.4 is 4.74 Å². The van der Waals surface area contributed by atoms with Crippen LogP contribution in [-0.4, -0.2) is 27.4 Å². The highest BCUT2D eigenvalue weighted by Crippen LogP contribution is 2.25. The molecular weight excluding hydrogens is 317 g/mol. The highest BCUT2D eigenvalue weighted by atomic mass is 32.2. The summed E-state index contributed by atoms with van der Waals surface area (Å²) in [4.78, 5) is 4.18. The number of thioether (sulfide) groups is 1. The van der Waals surface area contributed by atoms with E-state index < -0.39 is 12.8 Å². The first-order valence-electron chi connectivity index (χ1n) is 6.42. The Bertz CT molecular complexity index is 629. The van der Waals surface area contributed by atoms with E-state index in [1.807, 2.05) is 6.07 Å². The maximum atomic E-state index is 12.1. The lowest BCUT2D eigenvalue weighted by atomic mass is 10.2. The number of aliphatic hydroxyl groups is 1. The van der Waals surface area contributed by atoms with Crippen molar-refractivity contribution in [3.05, 3.63) is 41.7 Å². The summed E-state index contributed by atoms with van der Waals surface area (Å²) in [5.41, 5.74) is 1.53. The molecule has 0 unspecified atom stereocenters. The molecular formula is C14H15F3N2O2S. The molecule has 0 aliphatic heterocycles. The van der Waals surface area contributed by atoms with E-state index in [0.717, 1.165) is 10.7 Å². The van der Waals surface area contributed by atoms with E-state index in [1.165, 1.54) is 17.8 Å². The normalized spacial score (nSPS) is 11.7. The first-order valence-corrected chi connectivity index (χ1v) is 7.40. The van der Waals surface area contributed by atoms with Crippen LogP contribution in [0.2, 0.25) is 0 Å². The number of hydrogen-bond donors (Lipinski definition) is 1. The van der Waals surface area contributed by atoms with Crippen molar-refractivity contribution in [2.45, 2.75) is 23.7 Å². The molecule has 1 heterocycles. The zero-order chi connectivity index (χ0) is 16.2. The number of halogens is 3. The van der Waals surface area contributed by atoms with Gasteiger partial charge in [-0.15, -0.1) is 0 Å². The number of nitrogens with zero attached hydrogens (tertiary/aromatic N) is 2. The smallest absolute Gasteiger partial charge is 0.422 e. The fraction of sp³-hybridized carbons (Fsp3) is 0.357. The third-order valence-electron chi connectivity index (χ3n) is 2.87. The second kappa shape index (κ2) is 7.06. The zero-order valence-corrected chi connectivity index (χ0v) is 12.6. The Hall–Kier alpha value is -1.67. The number of alkyl halides is 3. The van der Waals surface area contributed by atoms with Gasteiger partial charge >= 0.3 is 6.18 Å². The zero-order valence-electron chi connectivity index (χ0n) is 11.8. The van der Waals surface area contributed by atoms with E-state index in [4.69, 9.17) is 9.84 Å². The number of rotatable bonds is 6. The second-order valence-electron chi connectivity index (χ2n) is 4.59. The Kier molecular flexibility index (Phi) is 5.36. The summed E-state index contributed by atoms with van der Waals surface area (Å²) in [7, 11) is 1.80. The number of benzene rings is 1. The van der Waals surface area contributed by atoms with Crippen LogP contribution in [0.25, 0.3) is 0 Å². The van der Waals surface area contributed by atoms with Gasteiger partial charge in [0.1, 0.15) is 5.75 Å². The van der Waals surface area contributed by atoms with Gasteiger partial charge in [0.15, 0.2) is 11.8 Å². The second-order valence-corrected chi connectivity index (χ2v) is 5.53. The van der Waals surface area contributed by atoms with Crippen molar-refractivity contribution in [3.8, 4) is 5.75 Å². The van der Waals surface area contributed by atoms with Gasteiger partial charge < -0.3 is 14.4 Å². The van der Waals surface area contributed by atoms with Gasteiger partial charge in [-0.1, -0.05) is 23.9 Å². The largest absolute Gasteiger partial charge is 0.484 e. The van der Waals surface area contributed by atoms with E-state index in [9.17, 15) is 13.2 Å².